The van der Waals surface area contributed by atoms with Gasteiger partial charge in [-0.1, -0.05) is 37.3 Å². The lowest BCUT2D eigenvalue weighted by molar-refractivity contribution is 0.0957. The Labute approximate surface area is 201 Å². The Hall–Kier alpha value is -3.16. The average molecular weight is 469 g/mol. The summed E-state index contributed by atoms with van der Waals surface area (Å²) in [5.74, 6) is -0.388. The Kier molecular flexibility index (Phi) is 13.9. The number of allylic oxidation sites excluding steroid dienone is 4. The minimum absolute atomic E-state index is 0.171. The molecule has 0 atom stereocenters. The third kappa shape index (κ3) is 10.3. The summed E-state index contributed by atoms with van der Waals surface area (Å²) in [7, 11) is 3.37. The highest BCUT2D eigenvalue weighted by atomic mass is 32.1. The van der Waals surface area contributed by atoms with Crippen molar-refractivity contribution < 1.29 is 9.59 Å². The predicted octanol–water partition coefficient (Wildman–Crippen LogP) is 4.88. The Morgan fingerprint density at radius 2 is 1.73 bits per heavy atom. The highest BCUT2D eigenvalue weighted by molar-refractivity contribution is 7.16. The highest BCUT2D eigenvalue weighted by Gasteiger charge is 2.14. The lowest BCUT2D eigenvalue weighted by Gasteiger charge is -2.07. The van der Waals surface area contributed by atoms with Gasteiger partial charge < -0.3 is 21.7 Å². The lowest BCUT2D eigenvalue weighted by Crippen LogP contribution is -2.25. The Balaban J connectivity index is 0.00000265. The molecule has 2 rings (SSSR count). The summed E-state index contributed by atoms with van der Waals surface area (Å²) in [6.07, 6.45) is 11.5. The molecular weight excluding hydrogens is 432 g/mol. The molecule has 5 N–H and O–H groups in total. The second-order valence-corrected chi connectivity index (χ2v) is 8.01. The van der Waals surface area contributed by atoms with Gasteiger partial charge in [0.15, 0.2) is 0 Å². The van der Waals surface area contributed by atoms with Gasteiger partial charge in [0.05, 0.1) is 9.75 Å². The number of thiophene rings is 1. The molecule has 178 valence electrons. The van der Waals surface area contributed by atoms with E-state index >= 15 is 0 Å². The van der Waals surface area contributed by atoms with Gasteiger partial charge in [0.1, 0.15) is 0 Å². The third-order valence-corrected chi connectivity index (χ3v) is 5.66. The van der Waals surface area contributed by atoms with Gasteiger partial charge in [-0.05, 0) is 62.2 Å². The van der Waals surface area contributed by atoms with Gasteiger partial charge in [-0.25, -0.2) is 0 Å². The number of carbonyl (C=O) groups excluding carboxylic acids is 2. The maximum absolute atomic E-state index is 12.5. The van der Waals surface area contributed by atoms with Crippen LogP contribution in [0.5, 0.6) is 0 Å². The predicted molar refractivity (Wildman–Crippen MR) is 141 cm³/mol. The molecular formula is C26H36N4O2S. The van der Waals surface area contributed by atoms with Crippen molar-refractivity contribution in [1.82, 2.24) is 10.6 Å². The number of amides is 2. The van der Waals surface area contributed by atoms with Crippen LogP contribution in [0.25, 0.3) is 0 Å². The second kappa shape index (κ2) is 16.5. The molecule has 0 aliphatic heterocycles. The number of nitrogens with one attached hydrogen (secondary N) is 3. The number of anilines is 1. The van der Waals surface area contributed by atoms with Crippen LogP contribution in [0, 0.1) is 0 Å². The van der Waals surface area contributed by atoms with Crippen LogP contribution < -0.4 is 21.7 Å². The molecule has 0 unspecified atom stereocenters. The number of hydrogen-bond acceptors (Lipinski definition) is 5. The summed E-state index contributed by atoms with van der Waals surface area (Å²) in [6, 6.07) is 11.1. The van der Waals surface area contributed by atoms with Crippen LogP contribution >= 0.6 is 11.3 Å². The molecule has 0 fully saturated rings. The van der Waals surface area contributed by atoms with E-state index in [2.05, 4.69) is 41.3 Å². The van der Waals surface area contributed by atoms with E-state index in [4.69, 9.17) is 0 Å². The van der Waals surface area contributed by atoms with Gasteiger partial charge in [0, 0.05) is 31.4 Å². The molecule has 0 aliphatic rings. The number of nitrogens with two attached hydrogens (primary N) is 1. The van der Waals surface area contributed by atoms with Crippen molar-refractivity contribution in [2.45, 2.75) is 32.6 Å². The zero-order valence-corrected chi connectivity index (χ0v) is 20.6. The molecule has 2 aromatic rings. The van der Waals surface area contributed by atoms with Gasteiger partial charge >= 0.3 is 0 Å². The number of benzene rings is 1. The fraction of sp³-hybridized carbons (Fsp3) is 0.308. The first-order valence-corrected chi connectivity index (χ1v) is 11.9. The van der Waals surface area contributed by atoms with Crippen LogP contribution in [0.15, 0.2) is 73.0 Å². The van der Waals surface area contributed by atoms with Crippen molar-refractivity contribution in [3.8, 4) is 0 Å². The minimum Gasteiger partial charge on any atom is -0.391 e. The molecule has 1 aromatic heterocycles. The number of hydrogen-bond donors (Lipinski definition) is 4. The van der Waals surface area contributed by atoms with E-state index in [0.29, 0.717) is 22.7 Å². The molecule has 0 saturated carbocycles. The van der Waals surface area contributed by atoms with E-state index < -0.39 is 0 Å². The van der Waals surface area contributed by atoms with Gasteiger partial charge in [0.25, 0.3) is 11.8 Å². The van der Waals surface area contributed by atoms with Crippen LogP contribution in [0.4, 0.5) is 5.69 Å². The fourth-order valence-corrected chi connectivity index (χ4v) is 3.63. The maximum Gasteiger partial charge on any atom is 0.265 e. The van der Waals surface area contributed by atoms with Gasteiger partial charge in [-0.3, -0.25) is 9.59 Å². The SMILES string of the molecule is C=CCCc1ccc(NC(=O)c2ccc(C(=O)NCC/C(=C/C=C\CC)NC)s2)cc1.CN. The van der Waals surface area contributed by atoms with Gasteiger partial charge in [0.2, 0.25) is 0 Å². The standard InChI is InChI=1S/C25H31N3O2S.CH5N/c1-4-6-8-10-20(26-3)17-18-27-24(29)22-15-16-23(31-22)25(30)28-21-13-11-19(12-14-21)9-7-5-2;1-2/h5-6,8,10-16,26H,2,4,7,9,17-18H2,1,3H3,(H,27,29)(H,28,30);2H2,1H3/b8-6-,20-10-;. The Bertz CT molecular complexity index is 930. The minimum atomic E-state index is -0.217. The molecule has 2 amide bonds. The molecule has 1 heterocycles. The number of carbonyl (C=O) groups is 2. The third-order valence-electron chi connectivity index (χ3n) is 4.57. The highest BCUT2D eigenvalue weighted by Crippen LogP contribution is 2.19. The average Bonchev–Trinajstić information content (AvgIpc) is 3.35. The first-order chi connectivity index (χ1) is 16.1. The zero-order valence-electron chi connectivity index (χ0n) is 19.8. The van der Waals surface area contributed by atoms with Crippen molar-refractivity contribution in [2.24, 2.45) is 5.73 Å². The first-order valence-electron chi connectivity index (χ1n) is 11.1. The molecule has 0 aliphatic carbocycles. The smallest absolute Gasteiger partial charge is 0.265 e. The molecule has 33 heavy (non-hydrogen) atoms. The number of aryl methyl sites for hydroxylation is 1. The summed E-state index contributed by atoms with van der Waals surface area (Å²) in [5.41, 5.74) is 7.48. The van der Waals surface area contributed by atoms with Crippen molar-refractivity contribution in [2.75, 3.05) is 26.0 Å². The maximum atomic E-state index is 12.5. The van der Waals surface area contributed by atoms with E-state index in [1.54, 1.807) is 12.1 Å². The van der Waals surface area contributed by atoms with Crippen LogP contribution in [0.1, 0.15) is 51.1 Å². The quantitative estimate of drug-likeness (QED) is 0.264. The van der Waals surface area contributed by atoms with E-state index in [-0.39, 0.29) is 11.8 Å². The lowest BCUT2D eigenvalue weighted by atomic mass is 10.1. The van der Waals surface area contributed by atoms with E-state index in [9.17, 15) is 9.59 Å². The largest absolute Gasteiger partial charge is 0.391 e. The summed E-state index contributed by atoms with van der Waals surface area (Å²) in [6.45, 7) is 6.33. The molecule has 6 nitrogen and oxygen atoms in total. The van der Waals surface area contributed by atoms with Crippen molar-refractivity contribution >= 4 is 28.8 Å². The Morgan fingerprint density at radius 3 is 2.33 bits per heavy atom. The molecule has 7 heteroatoms. The molecule has 0 spiro atoms. The van der Waals surface area contributed by atoms with Crippen LogP contribution in [-0.2, 0) is 6.42 Å². The summed E-state index contributed by atoms with van der Waals surface area (Å²) in [4.78, 5) is 25.9. The van der Waals surface area contributed by atoms with Crippen LogP contribution in [-0.4, -0.2) is 32.5 Å². The fourth-order valence-electron chi connectivity index (χ4n) is 2.81. The second-order valence-electron chi connectivity index (χ2n) is 6.93. The van der Waals surface area contributed by atoms with Gasteiger partial charge in [-0.2, -0.15) is 0 Å². The summed E-state index contributed by atoms with van der Waals surface area (Å²) >= 11 is 1.19. The molecule has 0 saturated heterocycles. The van der Waals surface area contributed by atoms with E-state index in [1.807, 2.05) is 49.5 Å². The van der Waals surface area contributed by atoms with E-state index in [0.717, 1.165) is 30.6 Å². The van der Waals surface area contributed by atoms with E-state index in [1.165, 1.54) is 23.9 Å². The molecule has 0 bridgehead atoms. The topological polar surface area (TPSA) is 96.2 Å². The molecule has 1 aromatic carbocycles. The Morgan fingerprint density at radius 1 is 1.06 bits per heavy atom. The van der Waals surface area contributed by atoms with Crippen LogP contribution in [0.3, 0.4) is 0 Å². The van der Waals surface area contributed by atoms with Crippen molar-refractivity contribution in [1.29, 1.82) is 0 Å². The van der Waals surface area contributed by atoms with Crippen molar-refractivity contribution in [3.63, 3.8) is 0 Å². The summed E-state index contributed by atoms with van der Waals surface area (Å²) in [5, 5.41) is 8.92. The summed E-state index contributed by atoms with van der Waals surface area (Å²) < 4.78 is 0. The zero-order chi connectivity index (χ0) is 24.5. The first kappa shape index (κ1) is 27.9. The normalized spacial score (nSPS) is 10.8. The van der Waals surface area contributed by atoms with Gasteiger partial charge in [-0.15, -0.1) is 17.9 Å². The van der Waals surface area contributed by atoms with Crippen molar-refractivity contribution in [3.05, 3.63) is 88.3 Å². The monoisotopic (exact) mass is 468 g/mol. The number of rotatable bonds is 12. The molecule has 0 radical (unpaired) electrons. The van der Waals surface area contributed by atoms with Crippen LogP contribution in [0.2, 0.25) is 0 Å².